The first kappa shape index (κ1) is 24.8. The van der Waals surface area contributed by atoms with Gasteiger partial charge in [-0.1, -0.05) is 52.9 Å². The lowest BCUT2D eigenvalue weighted by Crippen LogP contribution is -2.36. The Labute approximate surface area is 225 Å². The summed E-state index contributed by atoms with van der Waals surface area (Å²) in [6.45, 7) is 3.06. The second-order valence-corrected chi connectivity index (χ2v) is 11.5. The van der Waals surface area contributed by atoms with Crippen molar-refractivity contribution in [3.05, 3.63) is 94.7 Å². The van der Waals surface area contributed by atoms with Gasteiger partial charge >= 0.3 is 5.97 Å². The summed E-state index contributed by atoms with van der Waals surface area (Å²) in [6, 6.07) is 13.2. The van der Waals surface area contributed by atoms with Crippen LogP contribution in [0.1, 0.15) is 27.9 Å². The maximum atomic E-state index is 13.4. The second-order valence-electron chi connectivity index (χ2n) is 8.06. The fraction of sp³-hybridized carbons (Fsp3) is 0.192. The molecule has 1 aliphatic heterocycles. The number of nitrogens with zero attached hydrogens (tertiary/aromatic N) is 3. The van der Waals surface area contributed by atoms with E-state index >= 15 is 0 Å². The van der Waals surface area contributed by atoms with E-state index < -0.39 is 0 Å². The zero-order valence-electron chi connectivity index (χ0n) is 19.9. The van der Waals surface area contributed by atoms with Crippen molar-refractivity contribution in [3.8, 4) is 0 Å². The van der Waals surface area contributed by atoms with Gasteiger partial charge < -0.3 is 9.64 Å². The van der Waals surface area contributed by atoms with Gasteiger partial charge in [0.1, 0.15) is 14.2 Å². The lowest BCUT2D eigenvalue weighted by atomic mass is 10.1. The number of carbonyl (C=O) groups excluding carboxylic acids is 1. The van der Waals surface area contributed by atoms with Crippen molar-refractivity contribution in [2.24, 2.45) is 0 Å². The molecule has 1 aliphatic rings. The number of thioether (sulfide) groups is 1. The molecule has 0 aliphatic carbocycles. The van der Waals surface area contributed by atoms with Gasteiger partial charge in [0.25, 0.3) is 10.6 Å². The maximum absolute atomic E-state index is 13.4. The topological polar surface area (TPSA) is 55.4 Å². The summed E-state index contributed by atoms with van der Waals surface area (Å²) in [5.41, 5.74) is 2.46. The summed E-state index contributed by atoms with van der Waals surface area (Å²) in [4.78, 5) is 28.8. The van der Waals surface area contributed by atoms with Gasteiger partial charge in [-0.15, -0.1) is 11.3 Å². The van der Waals surface area contributed by atoms with Crippen molar-refractivity contribution in [2.75, 3.05) is 19.1 Å². The minimum atomic E-state index is -0.354. The zero-order chi connectivity index (χ0) is 25.4. The normalized spacial score (nSPS) is 14.9. The summed E-state index contributed by atoms with van der Waals surface area (Å²) in [7, 11) is 3.37. The smallest absolute Gasteiger partial charge is 0.338 e. The number of hydrogen-bond acceptors (Lipinski definition) is 7. The van der Waals surface area contributed by atoms with Crippen molar-refractivity contribution in [1.29, 1.82) is 0 Å². The zero-order valence-corrected chi connectivity index (χ0v) is 23.1. The average Bonchev–Trinajstić information content (AvgIpc) is 3.54. The molecular formula is C26H23ClN3O3S3+. The van der Waals surface area contributed by atoms with Crippen LogP contribution in [0.2, 0.25) is 5.02 Å². The molecule has 6 nitrogen and oxygen atoms in total. The Bertz CT molecular complexity index is 1650. The van der Waals surface area contributed by atoms with Crippen molar-refractivity contribution in [3.63, 3.8) is 0 Å². The first-order chi connectivity index (χ1) is 17.4. The van der Waals surface area contributed by atoms with Gasteiger partial charge in [0.05, 0.1) is 29.8 Å². The molecule has 0 N–H and O–H groups in total. The third kappa shape index (κ3) is 4.52. The van der Waals surface area contributed by atoms with E-state index in [4.69, 9.17) is 16.3 Å². The molecule has 0 spiro atoms. The van der Waals surface area contributed by atoms with E-state index in [1.165, 1.54) is 18.4 Å². The molecule has 0 atom stereocenters. The van der Waals surface area contributed by atoms with Crippen molar-refractivity contribution in [1.82, 2.24) is 4.57 Å². The Hall–Kier alpha value is -2.85. The standard InChI is InChI=1S/C26H23ClN3O3S3/c1-4-30-22(36-23(24(30)31)25-28(2)19-10-9-17(27)13-20(19)35-25)14-21-29(11-12-34-21)15-16-7-5-6-8-18(16)26(32)33-3/h5-14H,4,15H2,1-3H3/q+1/b25-23+. The molecule has 3 heterocycles. The fourth-order valence-electron chi connectivity index (χ4n) is 4.11. The van der Waals surface area contributed by atoms with Gasteiger partial charge in [-0.05, 0) is 31.2 Å². The molecule has 184 valence electrons. The Morgan fingerprint density at radius 3 is 2.81 bits per heavy atom. The number of rotatable bonds is 5. The fourth-order valence-corrected chi connectivity index (χ4v) is 7.71. The van der Waals surface area contributed by atoms with E-state index in [9.17, 15) is 9.59 Å². The SMILES string of the molecule is CCn1c(=O)/c(=C2\Sc3cc(Cl)ccc3N2C)s/c1=C\c1scc[n+]1Cc1ccccc1C(=O)OC. The molecule has 2 aromatic heterocycles. The molecule has 2 aromatic carbocycles. The molecule has 36 heavy (non-hydrogen) atoms. The van der Waals surface area contributed by atoms with Crippen LogP contribution in [0, 0.1) is 0 Å². The summed E-state index contributed by atoms with van der Waals surface area (Å²) in [5.74, 6) is -0.354. The van der Waals surface area contributed by atoms with E-state index in [1.54, 1.807) is 29.2 Å². The van der Waals surface area contributed by atoms with Crippen LogP contribution in [-0.2, 0) is 17.8 Å². The van der Waals surface area contributed by atoms with Crippen molar-refractivity contribution >= 4 is 68.8 Å². The number of ether oxygens (including phenoxy) is 1. The van der Waals surface area contributed by atoms with Crippen LogP contribution >= 0.6 is 46.0 Å². The van der Waals surface area contributed by atoms with Gasteiger partial charge in [-0.2, -0.15) is 4.57 Å². The Kier molecular flexibility index (Phi) is 7.07. The monoisotopic (exact) mass is 556 g/mol. The molecule has 0 amide bonds. The molecule has 0 saturated carbocycles. The van der Waals surface area contributed by atoms with Gasteiger partial charge in [0, 0.05) is 29.1 Å². The van der Waals surface area contributed by atoms with Crippen molar-refractivity contribution < 1.29 is 14.1 Å². The predicted octanol–water partition coefficient (Wildman–Crippen LogP) is 3.90. The van der Waals surface area contributed by atoms with Crippen LogP contribution in [0.25, 0.3) is 11.1 Å². The highest BCUT2D eigenvalue weighted by atomic mass is 35.5. The van der Waals surface area contributed by atoms with E-state index in [-0.39, 0.29) is 11.5 Å². The first-order valence-corrected chi connectivity index (χ1v) is 14.1. The van der Waals surface area contributed by atoms with Crippen LogP contribution in [-0.4, -0.2) is 24.7 Å². The third-order valence-electron chi connectivity index (χ3n) is 5.94. The number of thiazole rings is 2. The first-order valence-electron chi connectivity index (χ1n) is 11.2. The molecule has 0 unspecified atom stereocenters. The molecule has 4 aromatic rings. The minimum absolute atomic E-state index is 0.00106. The number of esters is 1. The highest BCUT2D eigenvalue weighted by Gasteiger charge is 2.25. The predicted molar refractivity (Wildman–Crippen MR) is 148 cm³/mol. The van der Waals surface area contributed by atoms with E-state index in [2.05, 4.69) is 15.5 Å². The Morgan fingerprint density at radius 2 is 2.03 bits per heavy atom. The second kappa shape index (κ2) is 10.3. The summed E-state index contributed by atoms with van der Waals surface area (Å²) >= 11 is 10.9. The highest BCUT2D eigenvalue weighted by molar-refractivity contribution is 8.08. The summed E-state index contributed by atoms with van der Waals surface area (Å²) < 4.78 is 10.4. The number of carbonyl (C=O) groups is 1. The molecule has 0 radical (unpaired) electrons. The van der Waals surface area contributed by atoms with Crippen LogP contribution in [0.15, 0.2) is 63.7 Å². The molecule has 0 fully saturated rings. The molecule has 0 bridgehead atoms. The number of fused-ring (bicyclic) bond motifs is 1. The summed E-state index contributed by atoms with van der Waals surface area (Å²) in [5, 5.41) is 4.58. The molecule has 5 rings (SSSR count). The molecule has 10 heteroatoms. The van der Waals surface area contributed by atoms with Gasteiger partial charge in [-0.3, -0.25) is 9.36 Å². The van der Waals surface area contributed by atoms with Crippen LogP contribution in [0.3, 0.4) is 0 Å². The molecular weight excluding hydrogens is 534 g/mol. The molecule has 0 saturated heterocycles. The number of benzene rings is 2. The van der Waals surface area contributed by atoms with Gasteiger partial charge in [0.2, 0.25) is 0 Å². The van der Waals surface area contributed by atoms with Crippen molar-refractivity contribution in [2.45, 2.75) is 24.9 Å². The number of anilines is 1. The van der Waals surface area contributed by atoms with Crippen LogP contribution < -0.4 is 24.2 Å². The number of methoxy groups -OCH3 is 1. The minimum Gasteiger partial charge on any atom is -0.465 e. The Morgan fingerprint density at radius 1 is 1.22 bits per heavy atom. The third-order valence-corrected chi connectivity index (χ3v) is 9.49. The lowest BCUT2D eigenvalue weighted by Gasteiger charge is -2.12. The quantitative estimate of drug-likeness (QED) is 0.276. The van der Waals surface area contributed by atoms with E-state index in [0.717, 1.165) is 30.8 Å². The van der Waals surface area contributed by atoms with Crippen LogP contribution in [0.4, 0.5) is 5.69 Å². The van der Waals surface area contributed by atoms with E-state index in [0.29, 0.717) is 28.2 Å². The van der Waals surface area contributed by atoms with Gasteiger partial charge in [0.15, 0.2) is 12.7 Å². The largest absolute Gasteiger partial charge is 0.465 e. The van der Waals surface area contributed by atoms with Gasteiger partial charge in [-0.25, -0.2) is 4.79 Å². The summed E-state index contributed by atoms with van der Waals surface area (Å²) in [6.07, 6.45) is 4.04. The Balaban J connectivity index is 1.58. The lowest BCUT2D eigenvalue weighted by molar-refractivity contribution is -0.685. The number of halogens is 1. The number of hydrogen-bond donors (Lipinski definition) is 0. The maximum Gasteiger partial charge on any atom is 0.338 e. The average molecular weight is 557 g/mol. The highest BCUT2D eigenvalue weighted by Crippen LogP contribution is 2.46. The van der Waals surface area contributed by atoms with Crippen LogP contribution in [0.5, 0.6) is 0 Å². The number of aromatic nitrogens is 2. The van der Waals surface area contributed by atoms with E-state index in [1.807, 2.05) is 66.5 Å².